The number of hydrogen-bond acceptors (Lipinski definition) is 3. The summed E-state index contributed by atoms with van der Waals surface area (Å²) in [5.41, 5.74) is 3.29. The van der Waals surface area contributed by atoms with E-state index in [0.29, 0.717) is 5.92 Å². The van der Waals surface area contributed by atoms with E-state index in [2.05, 4.69) is 43.2 Å². The Morgan fingerprint density at radius 2 is 2.15 bits per heavy atom. The van der Waals surface area contributed by atoms with Crippen LogP contribution in [-0.2, 0) is 6.42 Å². The lowest BCUT2D eigenvalue weighted by Gasteiger charge is -2.25. The third-order valence-corrected chi connectivity index (χ3v) is 4.17. The molecule has 1 aromatic carbocycles. The summed E-state index contributed by atoms with van der Waals surface area (Å²) in [4.78, 5) is 5.48. The van der Waals surface area contributed by atoms with E-state index in [-0.39, 0.29) is 5.54 Å². The number of nitrogens with one attached hydrogen (secondary N) is 1. The van der Waals surface area contributed by atoms with Gasteiger partial charge in [0.2, 0.25) is 0 Å². The first-order chi connectivity index (χ1) is 9.44. The van der Waals surface area contributed by atoms with Gasteiger partial charge in [-0.15, -0.1) is 11.3 Å². The predicted octanol–water partition coefficient (Wildman–Crippen LogP) is 4.51. The molecule has 2 nitrogen and oxygen atoms in total. The molecule has 0 amide bonds. The molecular weight excluding hydrogens is 288 g/mol. The van der Waals surface area contributed by atoms with Crippen molar-refractivity contribution < 1.29 is 0 Å². The van der Waals surface area contributed by atoms with Crippen molar-refractivity contribution >= 4 is 22.9 Å². The monoisotopic (exact) mass is 308 g/mol. The third-order valence-electron chi connectivity index (χ3n) is 3.13. The van der Waals surface area contributed by atoms with E-state index in [4.69, 9.17) is 11.6 Å². The van der Waals surface area contributed by atoms with Crippen molar-refractivity contribution in [2.24, 2.45) is 0 Å². The van der Waals surface area contributed by atoms with E-state index in [1.54, 1.807) is 11.3 Å². The van der Waals surface area contributed by atoms with Crippen LogP contribution >= 0.6 is 22.9 Å². The average molecular weight is 309 g/mol. The van der Waals surface area contributed by atoms with Crippen molar-refractivity contribution in [3.8, 4) is 0 Å². The molecule has 1 heterocycles. The first-order valence-electron chi connectivity index (χ1n) is 6.82. The standard InChI is InChI=1S/C16H21ClN2S/c1-16(2,3)19-9-13(8-15-10-18-11-20-15)12-5-4-6-14(17)7-12/h4-7,10-11,13,19H,8-9H2,1-3H3. The molecular formula is C16H21ClN2S. The third kappa shape index (κ3) is 4.89. The minimum atomic E-state index is 0.116. The first-order valence-corrected chi connectivity index (χ1v) is 8.08. The highest BCUT2D eigenvalue weighted by atomic mass is 35.5. The number of thiazole rings is 1. The molecule has 2 aromatic rings. The summed E-state index contributed by atoms with van der Waals surface area (Å²) >= 11 is 7.84. The molecule has 0 saturated carbocycles. The van der Waals surface area contributed by atoms with Crippen molar-refractivity contribution in [1.29, 1.82) is 0 Å². The zero-order valence-electron chi connectivity index (χ0n) is 12.2. The summed E-state index contributed by atoms with van der Waals surface area (Å²) in [7, 11) is 0. The van der Waals surface area contributed by atoms with Gasteiger partial charge in [0.05, 0.1) is 5.51 Å². The fraction of sp³-hybridized carbons (Fsp3) is 0.438. The highest BCUT2D eigenvalue weighted by Gasteiger charge is 2.17. The lowest BCUT2D eigenvalue weighted by Crippen LogP contribution is -2.39. The Morgan fingerprint density at radius 3 is 2.75 bits per heavy atom. The summed E-state index contributed by atoms with van der Waals surface area (Å²) < 4.78 is 0. The Hall–Kier alpha value is -0.900. The Morgan fingerprint density at radius 1 is 1.35 bits per heavy atom. The summed E-state index contributed by atoms with van der Waals surface area (Å²) in [6, 6.07) is 8.17. The van der Waals surface area contributed by atoms with Gasteiger partial charge in [0.15, 0.2) is 0 Å². The van der Waals surface area contributed by atoms with Crippen molar-refractivity contribution in [2.45, 2.75) is 38.6 Å². The van der Waals surface area contributed by atoms with Gasteiger partial charge in [-0.05, 0) is 44.9 Å². The maximum atomic E-state index is 6.13. The highest BCUT2D eigenvalue weighted by Crippen LogP contribution is 2.25. The maximum Gasteiger partial charge on any atom is 0.0794 e. The Balaban J connectivity index is 2.15. The number of nitrogens with zero attached hydrogens (tertiary/aromatic N) is 1. The van der Waals surface area contributed by atoms with Gasteiger partial charge in [-0.2, -0.15) is 0 Å². The number of hydrogen-bond donors (Lipinski definition) is 1. The van der Waals surface area contributed by atoms with E-state index in [9.17, 15) is 0 Å². The minimum Gasteiger partial charge on any atom is -0.311 e. The predicted molar refractivity (Wildman–Crippen MR) is 87.8 cm³/mol. The van der Waals surface area contributed by atoms with Crippen LogP contribution in [-0.4, -0.2) is 17.1 Å². The van der Waals surface area contributed by atoms with Crippen molar-refractivity contribution in [2.75, 3.05) is 6.54 Å². The molecule has 20 heavy (non-hydrogen) atoms. The molecule has 0 bridgehead atoms. The molecule has 4 heteroatoms. The van der Waals surface area contributed by atoms with E-state index < -0.39 is 0 Å². The van der Waals surface area contributed by atoms with Gasteiger partial charge in [0, 0.05) is 34.1 Å². The van der Waals surface area contributed by atoms with Crippen LogP contribution in [0.15, 0.2) is 36.0 Å². The maximum absolute atomic E-state index is 6.13. The molecule has 0 saturated heterocycles. The second-order valence-corrected chi connectivity index (χ2v) is 7.46. The second-order valence-electron chi connectivity index (χ2n) is 6.05. The van der Waals surface area contributed by atoms with E-state index in [1.165, 1.54) is 10.4 Å². The van der Waals surface area contributed by atoms with Crippen molar-refractivity contribution in [3.05, 3.63) is 51.4 Å². The van der Waals surface area contributed by atoms with Crippen LogP contribution in [0, 0.1) is 0 Å². The van der Waals surface area contributed by atoms with Gasteiger partial charge >= 0.3 is 0 Å². The van der Waals surface area contributed by atoms with E-state index >= 15 is 0 Å². The number of benzene rings is 1. The van der Waals surface area contributed by atoms with E-state index in [1.807, 2.05) is 23.8 Å². The Kier molecular flexibility index (Phi) is 5.19. The Labute approximate surface area is 130 Å². The zero-order chi connectivity index (χ0) is 14.6. The van der Waals surface area contributed by atoms with Crippen molar-refractivity contribution in [1.82, 2.24) is 10.3 Å². The summed E-state index contributed by atoms with van der Waals surface area (Å²) in [5, 5.41) is 4.39. The molecule has 0 aliphatic heterocycles. The molecule has 0 aliphatic rings. The Bertz CT molecular complexity index is 532. The van der Waals surface area contributed by atoms with Crippen LogP contribution in [0.4, 0.5) is 0 Å². The summed E-state index contributed by atoms with van der Waals surface area (Å²) in [6.07, 6.45) is 2.95. The molecule has 0 spiro atoms. The number of halogens is 1. The topological polar surface area (TPSA) is 24.9 Å². The molecule has 1 atom stereocenters. The number of aromatic nitrogens is 1. The lowest BCUT2D eigenvalue weighted by atomic mass is 9.94. The molecule has 108 valence electrons. The SMILES string of the molecule is CC(C)(C)NCC(Cc1cncs1)c1cccc(Cl)c1. The largest absolute Gasteiger partial charge is 0.311 e. The highest BCUT2D eigenvalue weighted by molar-refractivity contribution is 7.09. The van der Waals surface area contributed by atoms with Gasteiger partial charge in [-0.25, -0.2) is 0 Å². The van der Waals surface area contributed by atoms with Gasteiger partial charge < -0.3 is 5.32 Å². The van der Waals surface area contributed by atoms with Gasteiger partial charge in [0.1, 0.15) is 0 Å². The molecule has 0 radical (unpaired) electrons. The average Bonchev–Trinajstić information content (AvgIpc) is 2.86. The minimum absolute atomic E-state index is 0.116. The fourth-order valence-electron chi connectivity index (χ4n) is 2.08. The van der Waals surface area contributed by atoms with Crippen LogP contribution in [0.5, 0.6) is 0 Å². The number of rotatable bonds is 5. The zero-order valence-corrected chi connectivity index (χ0v) is 13.8. The van der Waals surface area contributed by atoms with Crippen LogP contribution in [0.2, 0.25) is 5.02 Å². The van der Waals surface area contributed by atoms with Crippen molar-refractivity contribution in [3.63, 3.8) is 0 Å². The van der Waals surface area contributed by atoms with Crippen LogP contribution in [0.25, 0.3) is 0 Å². The summed E-state index contributed by atoms with van der Waals surface area (Å²) in [5.74, 6) is 0.411. The molecule has 0 fully saturated rings. The molecule has 2 rings (SSSR count). The van der Waals surface area contributed by atoms with Crippen LogP contribution in [0.1, 0.15) is 37.1 Å². The molecule has 1 N–H and O–H groups in total. The van der Waals surface area contributed by atoms with Crippen LogP contribution in [0.3, 0.4) is 0 Å². The first kappa shape index (κ1) is 15.5. The van der Waals surface area contributed by atoms with Gasteiger partial charge in [-0.1, -0.05) is 23.7 Å². The van der Waals surface area contributed by atoms with Crippen LogP contribution < -0.4 is 5.32 Å². The molecule has 0 aliphatic carbocycles. The quantitative estimate of drug-likeness (QED) is 0.879. The summed E-state index contributed by atoms with van der Waals surface area (Å²) in [6.45, 7) is 7.50. The molecule has 1 aromatic heterocycles. The smallest absolute Gasteiger partial charge is 0.0794 e. The van der Waals surface area contributed by atoms with E-state index in [0.717, 1.165) is 18.0 Å². The second kappa shape index (κ2) is 6.70. The van der Waals surface area contributed by atoms with Gasteiger partial charge in [0.25, 0.3) is 0 Å². The molecule has 1 unspecified atom stereocenters. The normalized spacial score (nSPS) is 13.4. The fourth-order valence-corrected chi connectivity index (χ4v) is 2.96. The van der Waals surface area contributed by atoms with Gasteiger partial charge in [-0.3, -0.25) is 4.98 Å². The lowest BCUT2D eigenvalue weighted by molar-refractivity contribution is 0.405.